The number of fused-ring (bicyclic) bond motifs is 1. The quantitative estimate of drug-likeness (QED) is 0.499. The summed E-state index contributed by atoms with van der Waals surface area (Å²) < 4.78 is 12.9. The predicted molar refractivity (Wildman–Crippen MR) is 134 cm³/mol. The number of hydrogen-bond donors (Lipinski definition) is 1. The number of carbonyl (C=O) groups is 1. The second kappa shape index (κ2) is 10.5. The Bertz CT molecular complexity index is 1290. The molecule has 0 bridgehead atoms. The lowest BCUT2D eigenvalue weighted by atomic mass is 9.93. The van der Waals surface area contributed by atoms with E-state index in [2.05, 4.69) is 44.5 Å². The fraction of sp³-hybridized carbons (Fsp3) is 0.577. The number of benzene rings is 1. The summed E-state index contributed by atoms with van der Waals surface area (Å²) in [5.41, 5.74) is 3.45. The van der Waals surface area contributed by atoms with Gasteiger partial charge in [0.1, 0.15) is 6.04 Å². The van der Waals surface area contributed by atoms with E-state index in [9.17, 15) is 9.59 Å². The van der Waals surface area contributed by atoms with E-state index in [1.54, 1.807) is 4.68 Å². The van der Waals surface area contributed by atoms with Crippen LogP contribution in [-0.2, 0) is 20.8 Å². The molecule has 192 valence electrons. The Morgan fingerprint density at radius 2 is 2.03 bits per heavy atom. The van der Waals surface area contributed by atoms with Gasteiger partial charge in [-0.2, -0.15) is 0 Å². The van der Waals surface area contributed by atoms with Crippen LogP contribution in [0.4, 0.5) is 0 Å². The van der Waals surface area contributed by atoms with Gasteiger partial charge in [-0.1, -0.05) is 11.6 Å². The maximum absolute atomic E-state index is 13.5. The molecule has 2 aliphatic rings. The van der Waals surface area contributed by atoms with Crippen molar-refractivity contribution in [1.29, 1.82) is 0 Å². The Morgan fingerprint density at radius 1 is 1.22 bits per heavy atom. The SMILES string of the molecule is CCOC(=O)C1CCN([C@@H](c2cc3cc(C)cc(C)c3[nH]c2=O)c2nnnn2C[C@H]2CCCO2)CC1. The van der Waals surface area contributed by atoms with Crippen molar-refractivity contribution < 1.29 is 14.3 Å². The maximum atomic E-state index is 13.5. The van der Waals surface area contributed by atoms with E-state index in [-0.39, 0.29) is 23.6 Å². The molecule has 3 aromatic rings. The number of likely N-dealkylation sites (tertiary alicyclic amines) is 1. The summed E-state index contributed by atoms with van der Waals surface area (Å²) in [5.74, 6) is 0.339. The Hall–Kier alpha value is -3.11. The summed E-state index contributed by atoms with van der Waals surface area (Å²) in [4.78, 5) is 31.2. The van der Waals surface area contributed by atoms with Gasteiger partial charge in [0, 0.05) is 25.3 Å². The second-order valence-corrected chi connectivity index (χ2v) is 9.92. The van der Waals surface area contributed by atoms with Crippen molar-refractivity contribution in [2.45, 2.75) is 65.1 Å². The topological polar surface area (TPSA) is 115 Å². The molecule has 0 unspecified atom stereocenters. The van der Waals surface area contributed by atoms with Crippen LogP contribution in [0.25, 0.3) is 10.9 Å². The zero-order valence-electron chi connectivity index (χ0n) is 21.2. The summed E-state index contributed by atoms with van der Waals surface area (Å²) in [6, 6.07) is 5.68. The highest BCUT2D eigenvalue weighted by molar-refractivity contribution is 5.83. The average Bonchev–Trinajstić information content (AvgIpc) is 3.54. The molecule has 5 rings (SSSR count). The lowest BCUT2D eigenvalue weighted by molar-refractivity contribution is -0.149. The molecule has 2 saturated heterocycles. The maximum Gasteiger partial charge on any atom is 0.309 e. The predicted octanol–water partition coefficient (Wildman–Crippen LogP) is 2.67. The molecule has 4 heterocycles. The molecule has 0 aliphatic carbocycles. The summed E-state index contributed by atoms with van der Waals surface area (Å²) in [5, 5.41) is 13.6. The minimum absolute atomic E-state index is 0.0580. The first kappa shape index (κ1) is 24.6. The third kappa shape index (κ3) is 4.92. The number of esters is 1. The molecule has 2 fully saturated rings. The molecule has 36 heavy (non-hydrogen) atoms. The highest BCUT2D eigenvalue weighted by Gasteiger charge is 2.35. The number of nitrogens with zero attached hydrogens (tertiary/aromatic N) is 5. The third-order valence-electron chi connectivity index (χ3n) is 7.34. The Balaban J connectivity index is 1.54. The zero-order valence-corrected chi connectivity index (χ0v) is 21.2. The molecule has 10 nitrogen and oxygen atoms in total. The molecule has 2 aliphatic heterocycles. The standard InChI is InChI=1S/C26H34N6O4/c1-4-35-26(34)18-7-9-31(10-8-18)23(24-28-29-30-32(24)15-20-6-5-11-36-20)21-14-19-13-16(2)12-17(3)22(19)27-25(21)33/h12-14,18,20,23H,4-11,15H2,1-3H3,(H,27,33)/t20-,23+/m1/s1. The monoisotopic (exact) mass is 494 g/mol. The first-order valence-corrected chi connectivity index (χ1v) is 12.9. The van der Waals surface area contributed by atoms with Gasteiger partial charge < -0.3 is 14.5 Å². The van der Waals surface area contributed by atoms with Crippen molar-refractivity contribution in [3.05, 3.63) is 51.1 Å². The number of rotatable bonds is 7. The van der Waals surface area contributed by atoms with Crippen LogP contribution in [0.3, 0.4) is 0 Å². The second-order valence-electron chi connectivity index (χ2n) is 9.92. The van der Waals surface area contributed by atoms with E-state index in [0.29, 0.717) is 50.5 Å². The van der Waals surface area contributed by atoms with Gasteiger partial charge >= 0.3 is 5.97 Å². The fourth-order valence-corrected chi connectivity index (χ4v) is 5.58. The van der Waals surface area contributed by atoms with Gasteiger partial charge in [-0.25, -0.2) is 4.68 Å². The van der Waals surface area contributed by atoms with Crippen molar-refractivity contribution in [3.63, 3.8) is 0 Å². The molecule has 1 N–H and O–H groups in total. The van der Waals surface area contributed by atoms with Gasteiger partial charge in [0.2, 0.25) is 0 Å². The number of hydrogen-bond acceptors (Lipinski definition) is 8. The van der Waals surface area contributed by atoms with E-state index in [1.807, 2.05) is 19.9 Å². The number of tetrazole rings is 1. The first-order valence-electron chi connectivity index (χ1n) is 12.9. The van der Waals surface area contributed by atoms with E-state index >= 15 is 0 Å². The van der Waals surface area contributed by atoms with Crippen LogP contribution in [0.1, 0.15) is 61.2 Å². The zero-order chi connectivity index (χ0) is 25.2. The summed E-state index contributed by atoms with van der Waals surface area (Å²) in [7, 11) is 0. The molecular weight excluding hydrogens is 460 g/mol. The number of aromatic amines is 1. The number of aryl methyl sites for hydroxylation is 2. The smallest absolute Gasteiger partial charge is 0.309 e. The van der Waals surface area contributed by atoms with Crippen LogP contribution >= 0.6 is 0 Å². The number of ether oxygens (including phenoxy) is 2. The van der Waals surface area contributed by atoms with Crippen LogP contribution in [0, 0.1) is 19.8 Å². The van der Waals surface area contributed by atoms with Crippen molar-refractivity contribution in [1.82, 2.24) is 30.1 Å². The lowest BCUT2D eigenvalue weighted by Crippen LogP contribution is -2.42. The van der Waals surface area contributed by atoms with Gasteiger partial charge in [-0.15, -0.1) is 5.10 Å². The van der Waals surface area contributed by atoms with Crippen LogP contribution < -0.4 is 5.56 Å². The lowest BCUT2D eigenvalue weighted by Gasteiger charge is -2.36. The van der Waals surface area contributed by atoms with Gasteiger partial charge in [-0.05, 0) is 80.0 Å². The Morgan fingerprint density at radius 3 is 2.75 bits per heavy atom. The van der Waals surface area contributed by atoms with Crippen LogP contribution in [0.2, 0.25) is 0 Å². The molecule has 0 spiro atoms. The van der Waals surface area contributed by atoms with E-state index in [4.69, 9.17) is 9.47 Å². The summed E-state index contributed by atoms with van der Waals surface area (Å²) in [6.07, 6.45) is 3.36. The van der Waals surface area contributed by atoms with Crippen molar-refractivity contribution in [2.24, 2.45) is 5.92 Å². The highest BCUT2D eigenvalue weighted by atomic mass is 16.5. The van der Waals surface area contributed by atoms with Crippen molar-refractivity contribution in [2.75, 3.05) is 26.3 Å². The van der Waals surface area contributed by atoms with Crippen LogP contribution in [0.5, 0.6) is 0 Å². The molecule has 0 radical (unpaired) electrons. The molecule has 2 aromatic heterocycles. The van der Waals surface area contributed by atoms with Gasteiger partial charge in [0.05, 0.1) is 30.7 Å². The van der Waals surface area contributed by atoms with Gasteiger partial charge in [0.25, 0.3) is 5.56 Å². The van der Waals surface area contributed by atoms with Crippen molar-refractivity contribution in [3.8, 4) is 0 Å². The van der Waals surface area contributed by atoms with E-state index < -0.39 is 6.04 Å². The number of H-pyrrole nitrogens is 1. The minimum atomic E-state index is -0.446. The highest BCUT2D eigenvalue weighted by Crippen LogP contribution is 2.32. The minimum Gasteiger partial charge on any atom is -0.466 e. The molecule has 0 saturated carbocycles. The van der Waals surface area contributed by atoms with Crippen LogP contribution in [0.15, 0.2) is 23.0 Å². The van der Waals surface area contributed by atoms with Gasteiger partial charge in [0.15, 0.2) is 5.82 Å². The van der Waals surface area contributed by atoms with Crippen LogP contribution in [-0.4, -0.2) is 68.5 Å². The van der Waals surface area contributed by atoms with Crippen molar-refractivity contribution >= 4 is 16.9 Å². The van der Waals surface area contributed by atoms with E-state index in [0.717, 1.165) is 41.5 Å². The first-order chi connectivity index (χ1) is 17.4. The molecule has 2 atom stereocenters. The number of pyridine rings is 1. The largest absolute Gasteiger partial charge is 0.466 e. The molecular formula is C26H34N6O4. The average molecular weight is 495 g/mol. The number of piperidine rings is 1. The Kier molecular flexibility index (Phi) is 7.15. The molecule has 0 amide bonds. The summed E-state index contributed by atoms with van der Waals surface area (Å²) in [6.45, 7) is 8.81. The number of carbonyl (C=O) groups excluding carboxylic acids is 1. The fourth-order valence-electron chi connectivity index (χ4n) is 5.58. The molecule has 1 aromatic carbocycles. The van der Waals surface area contributed by atoms with Gasteiger partial charge in [-0.3, -0.25) is 14.5 Å². The molecule has 10 heteroatoms. The summed E-state index contributed by atoms with van der Waals surface area (Å²) >= 11 is 0. The van der Waals surface area contributed by atoms with E-state index in [1.165, 1.54) is 0 Å². The Labute approximate surface area is 210 Å². The number of aromatic nitrogens is 5. The normalized spacial score (nSPS) is 20.1. The number of nitrogens with one attached hydrogen (secondary N) is 1. The third-order valence-corrected chi connectivity index (χ3v) is 7.34.